The van der Waals surface area contributed by atoms with Gasteiger partial charge in [0.2, 0.25) is 0 Å². The summed E-state index contributed by atoms with van der Waals surface area (Å²) in [5.74, 6) is 0.797. The summed E-state index contributed by atoms with van der Waals surface area (Å²) < 4.78 is 5.24. The fourth-order valence-electron chi connectivity index (χ4n) is 2.04. The van der Waals surface area contributed by atoms with Gasteiger partial charge in [-0.1, -0.05) is 18.2 Å². The van der Waals surface area contributed by atoms with Crippen LogP contribution in [0.2, 0.25) is 0 Å². The number of pyridine rings is 1. The molecule has 0 atom stereocenters. The Hall–Kier alpha value is -2.09. The molecular weight excluding hydrogens is 210 g/mol. The summed E-state index contributed by atoms with van der Waals surface area (Å²) in [6, 6.07) is 14.1. The van der Waals surface area contributed by atoms with Crippen molar-refractivity contribution >= 4 is 21.8 Å². The van der Waals surface area contributed by atoms with Gasteiger partial charge in [-0.15, -0.1) is 0 Å². The second-order valence-electron chi connectivity index (χ2n) is 4.03. The Balaban J connectivity index is 2.43. The SMILES string of the molecule is [CH2]c1cc(OC)cc2nc3ccccc3cc12. The zero-order valence-electron chi connectivity index (χ0n) is 9.60. The van der Waals surface area contributed by atoms with Crippen molar-refractivity contribution in [2.45, 2.75) is 0 Å². The second-order valence-corrected chi connectivity index (χ2v) is 4.03. The van der Waals surface area contributed by atoms with E-state index >= 15 is 0 Å². The molecule has 0 saturated carbocycles. The molecule has 1 radical (unpaired) electrons. The lowest BCUT2D eigenvalue weighted by Gasteiger charge is -2.07. The topological polar surface area (TPSA) is 22.1 Å². The average Bonchev–Trinajstić information content (AvgIpc) is 2.36. The summed E-state index contributed by atoms with van der Waals surface area (Å²) in [6.07, 6.45) is 0. The van der Waals surface area contributed by atoms with Crippen LogP contribution in [0.4, 0.5) is 0 Å². The van der Waals surface area contributed by atoms with E-state index in [0.717, 1.165) is 33.1 Å². The number of benzene rings is 2. The Morgan fingerprint density at radius 2 is 1.88 bits per heavy atom. The van der Waals surface area contributed by atoms with Crippen molar-refractivity contribution < 1.29 is 4.74 Å². The van der Waals surface area contributed by atoms with Crippen LogP contribution in [-0.4, -0.2) is 12.1 Å². The molecule has 0 aliphatic rings. The Kier molecular flexibility index (Phi) is 2.22. The molecule has 0 aliphatic heterocycles. The zero-order chi connectivity index (χ0) is 11.8. The van der Waals surface area contributed by atoms with Crippen LogP contribution in [-0.2, 0) is 0 Å². The molecule has 0 amide bonds. The molecule has 2 aromatic carbocycles. The van der Waals surface area contributed by atoms with Gasteiger partial charge in [-0.05, 0) is 30.7 Å². The quantitative estimate of drug-likeness (QED) is 0.587. The van der Waals surface area contributed by atoms with Gasteiger partial charge in [-0.25, -0.2) is 4.98 Å². The van der Waals surface area contributed by atoms with Crippen LogP contribution in [0.25, 0.3) is 21.8 Å². The van der Waals surface area contributed by atoms with Gasteiger partial charge in [0.25, 0.3) is 0 Å². The Bertz CT molecular complexity index is 704. The summed E-state index contributed by atoms with van der Waals surface area (Å²) in [5, 5.41) is 2.21. The molecular formula is C15H12NO. The highest BCUT2D eigenvalue weighted by Gasteiger charge is 2.04. The number of hydrogen-bond donors (Lipinski definition) is 0. The van der Waals surface area contributed by atoms with Crippen LogP contribution in [0.1, 0.15) is 5.56 Å². The van der Waals surface area contributed by atoms with Crippen molar-refractivity contribution in [3.05, 3.63) is 55.0 Å². The predicted molar refractivity (Wildman–Crippen MR) is 70.3 cm³/mol. The van der Waals surface area contributed by atoms with Crippen molar-refractivity contribution in [1.82, 2.24) is 4.98 Å². The number of rotatable bonds is 1. The first-order chi connectivity index (χ1) is 8.28. The van der Waals surface area contributed by atoms with E-state index < -0.39 is 0 Å². The van der Waals surface area contributed by atoms with Crippen molar-refractivity contribution in [1.29, 1.82) is 0 Å². The van der Waals surface area contributed by atoms with Crippen molar-refractivity contribution in [2.75, 3.05) is 7.11 Å². The molecule has 1 heterocycles. The highest BCUT2D eigenvalue weighted by atomic mass is 16.5. The minimum atomic E-state index is 0.797. The van der Waals surface area contributed by atoms with E-state index in [1.165, 1.54) is 0 Å². The molecule has 0 N–H and O–H groups in total. The fourth-order valence-corrected chi connectivity index (χ4v) is 2.04. The third-order valence-corrected chi connectivity index (χ3v) is 2.93. The van der Waals surface area contributed by atoms with Gasteiger partial charge < -0.3 is 4.74 Å². The summed E-state index contributed by atoms with van der Waals surface area (Å²) in [5.41, 5.74) is 2.86. The molecule has 17 heavy (non-hydrogen) atoms. The maximum absolute atomic E-state index is 5.24. The van der Waals surface area contributed by atoms with Gasteiger partial charge in [-0.3, -0.25) is 0 Å². The molecule has 0 fully saturated rings. The largest absolute Gasteiger partial charge is 0.497 e. The lowest BCUT2D eigenvalue weighted by Crippen LogP contribution is -1.88. The first-order valence-corrected chi connectivity index (χ1v) is 5.47. The van der Waals surface area contributed by atoms with Crippen LogP contribution in [0.15, 0.2) is 42.5 Å². The minimum Gasteiger partial charge on any atom is -0.497 e. The van der Waals surface area contributed by atoms with Crippen LogP contribution >= 0.6 is 0 Å². The van der Waals surface area contributed by atoms with E-state index in [-0.39, 0.29) is 0 Å². The molecule has 0 saturated heterocycles. The first-order valence-electron chi connectivity index (χ1n) is 5.47. The number of fused-ring (bicyclic) bond motifs is 2. The molecule has 2 heteroatoms. The molecule has 0 spiro atoms. The Morgan fingerprint density at radius 3 is 2.71 bits per heavy atom. The third kappa shape index (κ3) is 1.62. The maximum atomic E-state index is 5.24. The predicted octanol–water partition coefficient (Wildman–Crippen LogP) is 3.58. The van der Waals surface area contributed by atoms with E-state index in [2.05, 4.69) is 24.0 Å². The van der Waals surface area contributed by atoms with Crippen LogP contribution in [0.5, 0.6) is 5.75 Å². The van der Waals surface area contributed by atoms with Gasteiger partial charge in [0, 0.05) is 16.8 Å². The van der Waals surface area contributed by atoms with E-state index in [9.17, 15) is 0 Å². The van der Waals surface area contributed by atoms with E-state index in [4.69, 9.17) is 4.74 Å². The molecule has 0 unspecified atom stereocenters. The summed E-state index contributed by atoms with van der Waals surface area (Å²) in [4.78, 5) is 4.63. The third-order valence-electron chi connectivity index (χ3n) is 2.93. The summed E-state index contributed by atoms with van der Waals surface area (Å²) in [6.45, 7) is 4.04. The van der Waals surface area contributed by atoms with Crippen molar-refractivity contribution in [2.24, 2.45) is 0 Å². The van der Waals surface area contributed by atoms with Crippen molar-refractivity contribution in [3.63, 3.8) is 0 Å². The van der Waals surface area contributed by atoms with Gasteiger partial charge >= 0.3 is 0 Å². The highest BCUT2D eigenvalue weighted by Crippen LogP contribution is 2.26. The van der Waals surface area contributed by atoms with Crippen LogP contribution in [0.3, 0.4) is 0 Å². The van der Waals surface area contributed by atoms with Gasteiger partial charge in [0.05, 0.1) is 18.1 Å². The number of hydrogen-bond acceptors (Lipinski definition) is 2. The Labute approximate surface area is 99.9 Å². The lowest BCUT2D eigenvalue weighted by atomic mass is 10.1. The van der Waals surface area contributed by atoms with Crippen molar-refractivity contribution in [3.8, 4) is 5.75 Å². The van der Waals surface area contributed by atoms with Gasteiger partial charge in [0.1, 0.15) is 5.75 Å². The van der Waals surface area contributed by atoms with Crippen LogP contribution in [0, 0.1) is 6.92 Å². The molecule has 3 rings (SSSR count). The van der Waals surface area contributed by atoms with Gasteiger partial charge in [-0.2, -0.15) is 0 Å². The molecule has 0 aliphatic carbocycles. The molecule has 3 aromatic rings. The van der Waals surface area contributed by atoms with Gasteiger partial charge in [0.15, 0.2) is 0 Å². The summed E-state index contributed by atoms with van der Waals surface area (Å²) in [7, 11) is 1.65. The maximum Gasteiger partial charge on any atom is 0.121 e. The lowest BCUT2D eigenvalue weighted by molar-refractivity contribution is 0.415. The smallest absolute Gasteiger partial charge is 0.121 e. The van der Waals surface area contributed by atoms with Crippen LogP contribution < -0.4 is 4.74 Å². The normalized spacial score (nSPS) is 10.9. The molecule has 2 nitrogen and oxygen atoms in total. The number of nitrogens with zero attached hydrogens (tertiary/aromatic N) is 1. The number of para-hydroxylation sites is 1. The van der Waals surface area contributed by atoms with E-state index in [1.54, 1.807) is 7.11 Å². The Morgan fingerprint density at radius 1 is 1.06 bits per heavy atom. The number of aromatic nitrogens is 1. The first kappa shape index (κ1) is 10.1. The number of methoxy groups -OCH3 is 1. The van der Waals surface area contributed by atoms with E-state index in [0.29, 0.717) is 0 Å². The fraction of sp³-hybridized carbons (Fsp3) is 0.0667. The average molecular weight is 222 g/mol. The summed E-state index contributed by atoms with van der Waals surface area (Å²) >= 11 is 0. The van der Waals surface area contributed by atoms with E-state index in [1.807, 2.05) is 30.3 Å². The number of ether oxygens (including phenoxy) is 1. The molecule has 1 aromatic heterocycles. The minimum absolute atomic E-state index is 0.797. The standard InChI is InChI=1S/C15H12NO/c1-10-7-12(17-2)9-15-13(10)8-11-5-3-4-6-14(11)16-15/h3-9H,1H2,2H3. The molecule has 83 valence electrons. The molecule has 0 bridgehead atoms. The monoisotopic (exact) mass is 222 g/mol. The second kappa shape index (κ2) is 3.74. The highest BCUT2D eigenvalue weighted by molar-refractivity contribution is 5.95. The zero-order valence-corrected chi connectivity index (χ0v) is 9.60.